The summed E-state index contributed by atoms with van der Waals surface area (Å²) >= 11 is 0. The minimum atomic E-state index is -0.297. The molecule has 0 saturated carbocycles. The van der Waals surface area contributed by atoms with E-state index in [1.807, 2.05) is 0 Å². The molecule has 0 aromatic rings. The van der Waals surface area contributed by atoms with Gasteiger partial charge >= 0.3 is 7.12 Å². The summed E-state index contributed by atoms with van der Waals surface area (Å²) in [6.07, 6.45) is 2.10. The predicted octanol–water partition coefficient (Wildman–Crippen LogP) is 2.02. The molecule has 0 radical (unpaired) electrons. The molecule has 0 N–H and O–H groups in total. The average molecular weight is 207 g/mol. The maximum atomic E-state index is 5.92. The van der Waals surface area contributed by atoms with Gasteiger partial charge in [-0.2, -0.15) is 0 Å². The molecule has 0 aromatic heterocycles. The first-order chi connectivity index (χ1) is 6.83. The fourth-order valence-corrected chi connectivity index (χ4v) is 1.73. The van der Waals surface area contributed by atoms with Gasteiger partial charge in [0.2, 0.25) is 0 Å². The van der Waals surface area contributed by atoms with E-state index >= 15 is 0 Å². The van der Waals surface area contributed by atoms with Gasteiger partial charge in [-0.05, 0) is 40.2 Å². The molecule has 0 aromatic carbocycles. The van der Waals surface area contributed by atoms with Crippen molar-refractivity contribution in [1.29, 1.82) is 0 Å². The molecule has 0 unspecified atom stereocenters. The maximum Gasteiger partial charge on any atom is 0.514 e. The summed E-state index contributed by atoms with van der Waals surface area (Å²) in [5.74, 6) is 0. The topological polar surface area (TPSA) is 30.8 Å². The monoisotopic (exact) mass is 207 g/mol. The summed E-state index contributed by atoms with van der Waals surface area (Å²) < 4.78 is 11.8. The van der Waals surface area contributed by atoms with E-state index in [-0.39, 0.29) is 18.3 Å². The van der Waals surface area contributed by atoms with Crippen LogP contribution < -0.4 is 0 Å². The van der Waals surface area contributed by atoms with Crippen LogP contribution >= 0.6 is 0 Å². The Bertz CT molecular complexity index is 328. The van der Waals surface area contributed by atoms with Crippen LogP contribution in [0.1, 0.15) is 34.6 Å². The fraction of sp³-hybridized carbons (Fsp3) is 0.727. The van der Waals surface area contributed by atoms with Gasteiger partial charge in [0, 0.05) is 0 Å². The molecular weight excluding hydrogens is 189 g/mol. The third-order valence-electron chi connectivity index (χ3n) is 3.54. The minimum absolute atomic E-state index is 0.275. The second kappa shape index (κ2) is 3.19. The number of allylic oxidation sites excluding steroid dienone is 1. The standard InChI is InChI=1S/C11H18BNO2/c1-8-6-7-13-9(8)12-14-10(2,3)11(4,5)15-12/h6H,7H2,1-5H3. The van der Waals surface area contributed by atoms with Crippen LogP contribution in [0.15, 0.2) is 16.6 Å². The smallest absolute Gasteiger partial charge is 0.398 e. The average Bonchev–Trinajstić information content (AvgIpc) is 2.55. The Hall–Kier alpha value is -0.605. The van der Waals surface area contributed by atoms with Crippen LogP contribution in [0.3, 0.4) is 0 Å². The lowest BCUT2D eigenvalue weighted by Gasteiger charge is -2.32. The summed E-state index contributed by atoms with van der Waals surface area (Å²) in [7, 11) is -0.297. The van der Waals surface area contributed by atoms with Gasteiger partial charge in [0.15, 0.2) is 0 Å². The highest BCUT2D eigenvalue weighted by Crippen LogP contribution is 2.37. The highest BCUT2D eigenvalue weighted by Gasteiger charge is 2.53. The Morgan fingerprint density at radius 2 is 1.73 bits per heavy atom. The van der Waals surface area contributed by atoms with Crippen molar-refractivity contribution in [2.75, 3.05) is 6.54 Å². The molecule has 3 nitrogen and oxygen atoms in total. The van der Waals surface area contributed by atoms with E-state index in [0.717, 1.165) is 12.2 Å². The van der Waals surface area contributed by atoms with Gasteiger partial charge in [0.25, 0.3) is 0 Å². The zero-order valence-electron chi connectivity index (χ0n) is 10.1. The summed E-state index contributed by atoms with van der Waals surface area (Å²) in [5, 5.41) is 0. The first-order valence-electron chi connectivity index (χ1n) is 5.41. The molecular formula is C11H18BNO2. The van der Waals surface area contributed by atoms with Gasteiger partial charge in [0.05, 0.1) is 23.4 Å². The second-order valence-electron chi connectivity index (χ2n) is 5.20. The largest absolute Gasteiger partial charge is 0.514 e. The maximum absolute atomic E-state index is 5.92. The highest BCUT2D eigenvalue weighted by molar-refractivity contribution is 6.85. The van der Waals surface area contributed by atoms with Crippen LogP contribution in [-0.2, 0) is 9.31 Å². The lowest BCUT2D eigenvalue weighted by molar-refractivity contribution is 0.00578. The van der Waals surface area contributed by atoms with Gasteiger partial charge in [0.1, 0.15) is 0 Å². The van der Waals surface area contributed by atoms with E-state index < -0.39 is 0 Å². The number of rotatable bonds is 1. The van der Waals surface area contributed by atoms with Crippen LogP contribution in [0, 0.1) is 0 Å². The molecule has 1 saturated heterocycles. The van der Waals surface area contributed by atoms with Crippen molar-refractivity contribution in [3.8, 4) is 0 Å². The van der Waals surface area contributed by atoms with E-state index in [0.29, 0.717) is 0 Å². The van der Waals surface area contributed by atoms with Gasteiger partial charge in [-0.15, -0.1) is 0 Å². The van der Waals surface area contributed by atoms with Crippen LogP contribution in [0.4, 0.5) is 0 Å². The van der Waals surface area contributed by atoms with Gasteiger partial charge < -0.3 is 9.31 Å². The molecule has 2 aliphatic rings. The molecule has 82 valence electrons. The highest BCUT2D eigenvalue weighted by atomic mass is 16.7. The van der Waals surface area contributed by atoms with Gasteiger partial charge in [-0.25, -0.2) is 0 Å². The molecule has 0 atom stereocenters. The Morgan fingerprint density at radius 1 is 1.20 bits per heavy atom. The third-order valence-corrected chi connectivity index (χ3v) is 3.54. The number of aliphatic imine (C=N–C) groups is 1. The summed E-state index contributed by atoms with van der Waals surface area (Å²) in [5.41, 5.74) is 1.58. The second-order valence-corrected chi connectivity index (χ2v) is 5.20. The minimum Gasteiger partial charge on any atom is -0.398 e. The van der Waals surface area contributed by atoms with Crippen molar-refractivity contribution in [2.24, 2.45) is 4.99 Å². The van der Waals surface area contributed by atoms with E-state index in [1.165, 1.54) is 5.57 Å². The Labute approximate surface area is 91.7 Å². The SMILES string of the molecule is CC1=CCN=C1B1OC(C)(C)C(C)(C)O1. The summed E-state index contributed by atoms with van der Waals surface area (Å²) in [6, 6.07) is 0. The van der Waals surface area contributed by atoms with Crippen LogP contribution in [0.5, 0.6) is 0 Å². The normalized spacial score (nSPS) is 27.9. The zero-order chi connectivity index (χ0) is 11.3. The molecule has 2 aliphatic heterocycles. The van der Waals surface area contributed by atoms with E-state index in [1.54, 1.807) is 0 Å². The van der Waals surface area contributed by atoms with Crippen LogP contribution in [0.25, 0.3) is 0 Å². The first kappa shape index (κ1) is 10.9. The van der Waals surface area contributed by atoms with Crippen molar-refractivity contribution < 1.29 is 9.31 Å². The lowest BCUT2D eigenvalue weighted by atomic mass is 9.78. The molecule has 2 rings (SSSR count). The molecule has 15 heavy (non-hydrogen) atoms. The molecule has 0 aliphatic carbocycles. The molecule has 4 heteroatoms. The molecule has 0 bridgehead atoms. The molecule has 1 fully saturated rings. The van der Waals surface area contributed by atoms with Crippen LogP contribution in [-0.4, -0.2) is 30.5 Å². The van der Waals surface area contributed by atoms with Crippen molar-refractivity contribution in [1.82, 2.24) is 0 Å². The number of nitrogens with zero attached hydrogens (tertiary/aromatic N) is 1. The lowest BCUT2D eigenvalue weighted by Crippen LogP contribution is -2.41. The van der Waals surface area contributed by atoms with E-state index in [4.69, 9.17) is 9.31 Å². The molecule has 0 spiro atoms. The molecule has 2 heterocycles. The third kappa shape index (κ3) is 1.66. The van der Waals surface area contributed by atoms with E-state index in [2.05, 4.69) is 45.7 Å². The summed E-state index contributed by atoms with van der Waals surface area (Å²) in [6.45, 7) is 11.0. The van der Waals surface area contributed by atoms with Crippen molar-refractivity contribution in [2.45, 2.75) is 45.8 Å². The van der Waals surface area contributed by atoms with Crippen LogP contribution in [0.2, 0.25) is 0 Å². The van der Waals surface area contributed by atoms with Crippen molar-refractivity contribution >= 4 is 12.7 Å². The zero-order valence-corrected chi connectivity index (χ0v) is 10.1. The van der Waals surface area contributed by atoms with Gasteiger partial charge in [-0.1, -0.05) is 6.08 Å². The quantitative estimate of drug-likeness (QED) is 0.616. The Morgan fingerprint density at radius 3 is 2.13 bits per heavy atom. The first-order valence-corrected chi connectivity index (χ1v) is 5.41. The Balaban J connectivity index is 2.20. The predicted molar refractivity (Wildman–Crippen MR) is 62.1 cm³/mol. The Kier molecular flexibility index (Phi) is 2.32. The summed E-state index contributed by atoms with van der Waals surface area (Å²) in [4.78, 5) is 4.40. The van der Waals surface area contributed by atoms with Crippen molar-refractivity contribution in [3.63, 3.8) is 0 Å². The van der Waals surface area contributed by atoms with Crippen molar-refractivity contribution in [3.05, 3.63) is 11.6 Å². The molecule has 0 amide bonds. The number of hydrogen-bond donors (Lipinski definition) is 0. The van der Waals surface area contributed by atoms with E-state index in [9.17, 15) is 0 Å². The fourth-order valence-electron chi connectivity index (χ4n) is 1.73. The van der Waals surface area contributed by atoms with Gasteiger partial charge in [-0.3, -0.25) is 4.99 Å². The number of hydrogen-bond acceptors (Lipinski definition) is 3.